The van der Waals surface area contributed by atoms with Crippen LogP contribution in [0.25, 0.3) is 0 Å². The summed E-state index contributed by atoms with van der Waals surface area (Å²) >= 11 is 12.2. The van der Waals surface area contributed by atoms with Gasteiger partial charge in [0.25, 0.3) is 15.9 Å². The van der Waals surface area contributed by atoms with Crippen LogP contribution in [-0.2, 0) is 16.6 Å². The first-order chi connectivity index (χ1) is 14.3. The minimum Gasteiger partial charge on any atom is -0.495 e. The molecule has 0 unspecified atom stereocenters. The second-order valence-corrected chi connectivity index (χ2v) is 8.56. The van der Waals surface area contributed by atoms with Crippen molar-refractivity contribution >= 4 is 44.8 Å². The van der Waals surface area contributed by atoms with Gasteiger partial charge in [-0.2, -0.15) is 0 Å². The maximum atomic E-state index is 12.9. The van der Waals surface area contributed by atoms with Gasteiger partial charge < -0.3 is 10.1 Å². The van der Waals surface area contributed by atoms with E-state index in [0.29, 0.717) is 21.4 Å². The molecule has 0 saturated carbocycles. The Kier molecular flexibility index (Phi) is 6.81. The van der Waals surface area contributed by atoms with Crippen molar-refractivity contribution in [3.05, 3.63) is 82.1 Å². The van der Waals surface area contributed by atoms with E-state index in [0.717, 1.165) is 0 Å². The standard InChI is InChI=1S/C20H17Cl2N3O4S/c1-29-14-9-13(10-23-11-14)25-30(27,28)19-8-3-2-5-15(19)20(26)24-12-16-17(21)6-4-7-18(16)22/h2-11,25H,12H2,1H3,(H,24,26). The fraction of sp³-hybridized carbons (Fsp3) is 0.100. The lowest BCUT2D eigenvalue weighted by atomic mass is 10.2. The zero-order chi connectivity index (χ0) is 21.7. The zero-order valence-corrected chi connectivity index (χ0v) is 18.1. The molecule has 0 aliphatic heterocycles. The van der Waals surface area contributed by atoms with Crippen LogP contribution < -0.4 is 14.8 Å². The van der Waals surface area contributed by atoms with E-state index < -0.39 is 15.9 Å². The van der Waals surface area contributed by atoms with Crippen molar-refractivity contribution in [2.45, 2.75) is 11.4 Å². The molecule has 2 aromatic carbocycles. The summed E-state index contributed by atoms with van der Waals surface area (Å²) in [5.41, 5.74) is 0.714. The van der Waals surface area contributed by atoms with Crippen LogP contribution in [0.4, 0.5) is 5.69 Å². The Hall–Kier alpha value is -2.81. The third-order valence-electron chi connectivity index (χ3n) is 4.11. The molecule has 1 amide bonds. The topological polar surface area (TPSA) is 97.4 Å². The molecule has 0 aliphatic carbocycles. The second kappa shape index (κ2) is 9.34. The van der Waals surface area contributed by atoms with Gasteiger partial charge in [-0.25, -0.2) is 8.42 Å². The molecule has 3 aromatic rings. The van der Waals surface area contributed by atoms with Crippen LogP contribution in [0, 0.1) is 0 Å². The monoisotopic (exact) mass is 465 g/mol. The van der Waals surface area contributed by atoms with Gasteiger partial charge in [0, 0.05) is 28.2 Å². The number of nitrogens with zero attached hydrogens (tertiary/aromatic N) is 1. The van der Waals surface area contributed by atoms with Crippen LogP contribution in [0.15, 0.2) is 65.8 Å². The predicted octanol–water partition coefficient (Wildman–Crippen LogP) is 4.13. The molecule has 0 atom stereocenters. The van der Waals surface area contributed by atoms with Crippen molar-refractivity contribution in [1.82, 2.24) is 10.3 Å². The van der Waals surface area contributed by atoms with E-state index in [2.05, 4.69) is 15.0 Å². The Bertz CT molecular complexity index is 1170. The lowest BCUT2D eigenvalue weighted by molar-refractivity contribution is 0.0947. The predicted molar refractivity (Wildman–Crippen MR) is 116 cm³/mol. The van der Waals surface area contributed by atoms with Crippen molar-refractivity contribution < 1.29 is 17.9 Å². The molecular formula is C20H17Cl2N3O4S. The fourth-order valence-corrected chi connectivity index (χ4v) is 4.42. The first-order valence-corrected chi connectivity index (χ1v) is 10.9. The molecule has 0 radical (unpaired) electrons. The maximum Gasteiger partial charge on any atom is 0.262 e. The normalized spacial score (nSPS) is 11.0. The molecule has 0 saturated heterocycles. The molecule has 3 rings (SSSR count). The summed E-state index contributed by atoms with van der Waals surface area (Å²) in [6.07, 6.45) is 2.78. The highest BCUT2D eigenvalue weighted by Crippen LogP contribution is 2.25. The molecule has 10 heteroatoms. The van der Waals surface area contributed by atoms with Gasteiger partial charge in [0.1, 0.15) is 10.6 Å². The summed E-state index contributed by atoms with van der Waals surface area (Å²) in [6, 6.07) is 12.3. The van der Waals surface area contributed by atoms with E-state index >= 15 is 0 Å². The number of halogens is 2. The van der Waals surface area contributed by atoms with Crippen LogP contribution in [0.2, 0.25) is 10.0 Å². The average molecular weight is 466 g/mol. The molecule has 0 aliphatic rings. The SMILES string of the molecule is COc1cncc(NS(=O)(=O)c2ccccc2C(=O)NCc2c(Cl)cccc2Cl)c1. The third kappa shape index (κ3) is 5.02. The molecule has 156 valence electrons. The van der Waals surface area contributed by atoms with E-state index in [9.17, 15) is 13.2 Å². The third-order valence-corrected chi connectivity index (χ3v) is 6.26. The Morgan fingerprint density at radius 2 is 1.77 bits per heavy atom. The number of nitrogens with one attached hydrogen (secondary N) is 2. The van der Waals surface area contributed by atoms with Crippen molar-refractivity contribution in [2.24, 2.45) is 0 Å². The lowest BCUT2D eigenvalue weighted by Gasteiger charge is -2.13. The van der Waals surface area contributed by atoms with Crippen LogP contribution >= 0.6 is 23.2 Å². The van der Waals surface area contributed by atoms with E-state index in [-0.39, 0.29) is 22.7 Å². The van der Waals surface area contributed by atoms with Gasteiger partial charge in [-0.1, -0.05) is 41.4 Å². The van der Waals surface area contributed by atoms with E-state index in [1.807, 2.05) is 0 Å². The highest BCUT2D eigenvalue weighted by atomic mass is 35.5. The smallest absolute Gasteiger partial charge is 0.262 e. The van der Waals surface area contributed by atoms with Crippen LogP contribution in [0.3, 0.4) is 0 Å². The minimum absolute atomic E-state index is 0.0240. The van der Waals surface area contributed by atoms with Gasteiger partial charge in [-0.05, 0) is 24.3 Å². The van der Waals surface area contributed by atoms with Gasteiger partial charge in [0.2, 0.25) is 0 Å². The number of rotatable bonds is 7. The number of ether oxygens (including phenoxy) is 1. The molecular weight excluding hydrogens is 449 g/mol. The van der Waals surface area contributed by atoms with E-state index in [4.69, 9.17) is 27.9 Å². The average Bonchev–Trinajstić information content (AvgIpc) is 2.73. The number of benzene rings is 2. The van der Waals surface area contributed by atoms with Crippen LogP contribution in [0.5, 0.6) is 5.75 Å². The van der Waals surface area contributed by atoms with Crippen molar-refractivity contribution in [2.75, 3.05) is 11.8 Å². The number of carbonyl (C=O) groups excluding carboxylic acids is 1. The van der Waals surface area contributed by atoms with Gasteiger partial charge in [-0.15, -0.1) is 0 Å². The van der Waals surface area contributed by atoms with Gasteiger partial charge in [-0.3, -0.25) is 14.5 Å². The van der Waals surface area contributed by atoms with Crippen molar-refractivity contribution in [1.29, 1.82) is 0 Å². The van der Waals surface area contributed by atoms with Gasteiger partial charge >= 0.3 is 0 Å². The van der Waals surface area contributed by atoms with Crippen molar-refractivity contribution in [3.8, 4) is 5.75 Å². The Morgan fingerprint density at radius 1 is 1.07 bits per heavy atom. The number of carbonyl (C=O) groups is 1. The Labute approximate surface area is 184 Å². The van der Waals surface area contributed by atoms with Crippen LogP contribution in [0.1, 0.15) is 15.9 Å². The Balaban J connectivity index is 1.85. The minimum atomic E-state index is -4.07. The largest absolute Gasteiger partial charge is 0.495 e. The summed E-state index contributed by atoms with van der Waals surface area (Å²) in [5.74, 6) is -0.200. The number of hydrogen-bond donors (Lipinski definition) is 2. The molecule has 1 heterocycles. The number of hydrogen-bond acceptors (Lipinski definition) is 5. The lowest BCUT2D eigenvalue weighted by Crippen LogP contribution is -2.26. The van der Waals surface area contributed by atoms with Crippen molar-refractivity contribution in [3.63, 3.8) is 0 Å². The zero-order valence-electron chi connectivity index (χ0n) is 15.7. The quantitative estimate of drug-likeness (QED) is 0.546. The number of anilines is 1. The van der Waals surface area contributed by atoms with Gasteiger partial charge in [0.15, 0.2) is 0 Å². The number of pyridine rings is 1. The summed E-state index contributed by atoms with van der Waals surface area (Å²) in [7, 11) is -2.63. The fourth-order valence-electron chi connectivity index (χ4n) is 2.65. The number of methoxy groups -OCH3 is 1. The summed E-state index contributed by atoms with van der Waals surface area (Å²) in [4.78, 5) is 16.5. The van der Waals surface area contributed by atoms with Crippen LogP contribution in [-0.4, -0.2) is 26.4 Å². The Morgan fingerprint density at radius 3 is 2.47 bits per heavy atom. The summed E-state index contributed by atoms with van der Waals surface area (Å²) in [6.45, 7) is 0.0406. The molecule has 7 nitrogen and oxygen atoms in total. The second-order valence-electron chi connectivity index (χ2n) is 6.10. The highest BCUT2D eigenvalue weighted by Gasteiger charge is 2.23. The van der Waals surface area contributed by atoms with E-state index in [1.165, 1.54) is 43.8 Å². The highest BCUT2D eigenvalue weighted by molar-refractivity contribution is 7.92. The first-order valence-electron chi connectivity index (χ1n) is 8.64. The summed E-state index contributed by atoms with van der Waals surface area (Å²) < 4.78 is 33.3. The molecule has 0 spiro atoms. The number of sulfonamides is 1. The number of amides is 1. The molecule has 0 fully saturated rings. The maximum absolute atomic E-state index is 12.9. The molecule has 30 heavy (non-hydrogen) atoms. The summed E-state index contributed by atoms with van der Waals surface area (Å²) in [5, 5.41) is 3.46. The molecule has 2 N–H and O–H groups in total. The molecule has 1 aromatic heterocycles. The first kappa shape index (κ1) is 21.9. The van der Waals surface area contributed by atoms with E-state index in [1.54, 1.807) is 24.3 Å². The molecule has 0 bridgehead atoms. The number of aromatic nitrogens is 1. The van der Waals surface area contributed by atoms with Gasteiger partial charge in [0.05, 0.1) is 30.8 Å².